The third-order valence-corrected chi connectivity index (χ3v) is 3.80. The van der Waals surface area contributed by atoms with Gasteiger partial charge in [-0.25, -0.2) is 4.79 Å². The SMILES string of the molecule is Cc1c(C(=O)N(C)C)cccc1-c1ccc2[nH]c(=O)[nH]c2c1. The van der Waals surface area contributed by atoms with Crippen LogP contribution in [-0.2, 0) is 0 Å². The van der Waals surface area contributed by atoms with E-state index in [1.54, 1.807) is 19.0 Å². The van der Waals surface area contributed by atoms with Gasteiger partial charge in [-0.05, 0) is 41.8 Å². The number of benzene rings is 2. The normalized spacial score (nSPS) is 10.9. The Morgan fingerprint density at radius 1 is 1.05 bits per heavy atom. The Hall–Kier alpha value is -2.82. The second kappa shape index (κ2) is 5.18. The van der Waals surface area contributed by atoms with Gasteiger partial charge < -0.3 is 14.9 Å². The maximum atomic E-state index is 12.2. The first-order valence-corrected chi connectivity index (χ1v) is 7.01. The predicted octanol–water partition coefficient (Wildman–Crippen LogP) is 2.53. The van der Waals surface area contributed by atoms with Crippen molar-refractivity contribution in [1.29, 1.82) is 0 Å². The van der Waals surface area contributed by atoms with Crippen molar-refractivity contribution in [2.75, 3.05) is 14.1 Å². The number of nitrogens with zero attached hydrogens (tertiary/aromatic N) is 1. The molecule has 0 spiro atoms. The lowest BCUT2D eigenvalue weighted by molar-refractivity contribution is 0.0827. The number of nitrogens with one attached hydrogen (secondary N) is 2. The molecule has 5 heteroatoms. The number of aromatic nitrogens is 2. The third kappa shape index (κ3) is 2.30. The van der Waals surface area contributed by atoms with E-state index in [-0.39, 0.29) is 11.6 Å². The number of aromatic amines is 2. The summed E-state index contributed by atoms with van der Waals surface area (Å²) in [4.78, 5) is 30.6. The molecule has 0 radical (unpaired) electrons. The van der Waals surface area contributed by atoms with Gasteiger partial charge in [0.1, 0.15) is 0 Å². The van der Waals surface area contributed by atoms with E-state index in [9.17, 15) is 9.59 Å². The maximum Gasteiger partial charge on any atom is 0.323 e. The number of amides is 1. The number of hydrogen-bond donors (Lipinski definition) is 2. The Morgan fingerprint density at radius 2 is 1.77 bits per heavy atom. The molecule has 0 saturated heterocycles. The van der Waals surface area contributed by atoms with Crippen LogP contribution in [0.2, 0.25) is 0 Å². The van der Waals surface area contributed by atoms with Crippen molar-refractivity contribution in [1.82, 2.24) is 14.9 Å². The summed E-state index contributed by atoms with van der Waals surface area (Å²) < 4.78 is 0. The predicted molar refractivity (Wildman–Crippen MR) is 87.1 cm³/mol. The van der Waals surface area contributed by atoms with E-state index in [2.05, 4.69) is 9.97 Å². The first-order valence-electron chi connectivity index (χ1n) is 7.01. The van der Waals surface area contributed by atoms with Crippen LogP contribution in [-0.4, -0.2) is 34.9 Å². The van der Waals surface area contributed by atoms with E-state index in [0.29, 0.717) is 5.56 Å². The first-order chi connectivity index (χ1) is 10.5. The largest absolute Gasteiger partial charge is 0.345 e. The molecule has 0 saturated carbocycles. The summed E-state index contributed by atoms with van der Waals surface area (Å²) in [6.07, 6.45) is 0. The Labute approximate surface area is 127 Å². The first kappa shape index (κ1) is 14.1. The Balaban J connectivity index is 2.15. The van der Waals surface area contributed by atoms with E-state index in [1.165, 1.54) is 0 Å². The van der Waals surface area contributed by atoms with Crippen molar-refractivity contribution in [2.45, 2.75) is 6.92 Å². The number of imidazole rings is 1. The number of hydrogen-bond acceptors (Lipinski definition) is 2. The number of carbonyl (C=O) groups excluding carboxylic acids is 1. The number of carbonyl (C=O) groups is 1. The minimum atomic E-state index is -0.222. The van der Waals surface area contributed by atoms with Crippen LogP contribution in [0.1, 0.15) is 15.9 Å². The van der Waals surface area contributed by atoms with Gasteiger partial charge in [0.15, 0.2) is 0 Å². The van der Waals surface area contributed by atoms with Crippen LogP contribution in [0.15, 0.2) is 41.2 Å². The molecule has 2 aromatic carbocycles. The monoisotopic (exact) mass is 295 g/mol. The second-order valence-electron chi connectivity index (χ2n) is 5.52. The molecule has 3 aromatic rings. The number of H-pyrrole nitrogens is 2. The van der Waals surface area contributed by atoms with Gasteiger partial charge in [-0.3, -0.25) is 4.79 Å². The quantitative estimate of drug-likeness (QED) is 0.763. The molecule has 0 bridgehead atoms. The lowest BCUT2D eigenvalue weighted by Crippen LogP contribution is -2.22. The second-order valence-corrected chi connectivity index (χ2v) is 5.52. The summed E-state index contributed by atoms with van der Waals surface area (Å²) in [6.45, 7) is 1.94. The highest BCUT2D eigenvalue weighted by molar-refractivity contribution is 5.97. The molecule has 1 aromatic heterocycles. The average Bonchev–Trinajstić information content (AvgIpc) is 2.85. The van der Waals surface area contributed by atoms with E-state index in [1.807, 2.05) is 43.3 Å². The molecule has 1 amide bonds. The molecule has 0 aliphatic rings. The molecule has 2 N–H and O–H groups in total. The Kier molecular flexibility index (Phi) is 3.33. The summed E-state index contributed by atoms with van der Waals surface area (Å²) in [6, 6.07) is 11.4. The van der Waals surface area contributed by atoms with Crippen LogP contribution in [0.5, 0.6) is 0 Å². The molecular weight excluding hydrogens is 278 g/mol. The zero-order chi connectivity index (χ0) is 15.9. The lowest BCUT2D eigenvalue weighted by Gasteiger charge is -2.15. The molecule has 1 heterocycles. The summed E-state index contributed by atoms with van der Waals surface area (Å²) in [5.74, 6) is -0.0181. The zero-order valence-corrected chi connectivity index (χ0v) is 12.7. The van der Waals surface area contributed by atoms with Crippen LogP contribution < -0.4 is 5.69 Å². The topological polar surface area (TPSA) is 69.0 Å². The van der Waals surface area contributed by atoms with Gasteiger partial charge in [0.25, 0.3) is 5.91 Å². The summed E-state index contributed by atoms with van der Waals surface area (Å²) >= 11 is 0. The number of rotatable bonds is 2. The summed E-state index contributed by atoms with van der Waals surface area (Å²) in [5, 5.41) is 0. The van der Waals surface area contributed by atoms with Gasteiger partial charge in [0.2, 0.25) is 0 Å². The van der Waals surface area contributed by atoms with Crippen LogP contribution in [0.25, 0.3) is 22.2 Å². The summed E-state index contributed by atoms with van der Waals surface area (Å²) in [7, 11) is 3.48. The van der Waals surface area contributed by atoms with Crippen molar-refractivity contribution in [3.05, 3.63) is 58.0 Å². The van der Waals surface area contributed by atoms with Gasteiger partial charge in [-0.1, -0.05) is 18.2 Å². The molecule has 22 heavy (non-hydrogen) atoms. The van der Waals surface area contributed by atoms with Crippen LogP contribution >= 0.6 is 0 Å². The minimum Gasteiger partial charge on any atom is -0.345 e. The smallest absolute Gasteiger partial charge is 0.323 e. The van der Waals surface area contributed by atoms with Crippen LogP contribution in [0, 0.1) is 6.92 Å². The molecular formula is C17H17N3O2. The van der Waals surface area contributed by atoms with Crippen molar-refractivity contribution in [2.24, 2.45) is 0 Å². The molecule has 5 nitrogen and oxygen atoms in total. The van der Waals surface area contributed by atoms with E-state index < -0.39 is 0 Å². The molecule has 0 aliphatic carbocycles. The zero-order valence-electron chi connectivity index (χ0n) is 12.7. The van der Waals surface area contributed by atoms with E-state index >= 15 is 0 Å². The third-order valence-electron chi connectivity index (χ3n) is 3.80. The Bertz CT molecular complexity index is 919. The molecule has 0 fully saturated rings. The average molecular weight is 295 g/mol. The minimum absolute atomic E-state index is 0.0181. The van der Waals surface area contributed by atoms with Gasteiger partial charge in [-0.15, -0.1) is 0 Å². The Morgan fingerprint density at radius 3 is 2.50 bits per heavy atom. The standard InChI is InChI=1S/C17H17N3O2/c1-10-12(5-4-6-13(10)16(21)20(2)3)11-7-8-14-15(9-11)19-17(22)18-14/h4-9H,1-3H3,(H2,18,19,22). The summed E-state index contributed by atoms with van der Waals surface area (Å²) in [5.41, 5.74) is 4.87. The van der Waals surface area contributed by atoms with Gasteiger partial charge in [0.05, 0.1) is 11.0 Å². The van der Waals surface area contributed by atoms with Gasteiger partial charge in [0, 0.05) is 19.7 Å². The highest BCUT2D eigenvalue weighted by atomic mass is 16.2. The van der Waals surface area contributed by atoms with E-state index in [0.717, 1.165) is 27.7 Å². The maximum absolute atomic E-state index is 12.2. The fraction of sp³-hybridized carbons (Fsp3) is 0.176. The molecule has 0 unspecified atom stereocenters. The fourth-order valence-corrected chi connectivity index (χ4v) is 2.62. The molecule has 3 rings (SSSR count). The fourth-order valence-electron chi connectivity index (χ4n) is 2.62. The highest BCUT2D eigenvalue weighted by Gasteiger charge is 2.14. The molecule has 0 atom stereocenters. The lowest BCUT2D eigenvalue weighted by atomic mass is 9.95. The van der Waals surface area contributed by atoms with Crippen molar-refractivity contribution >= 4 is 16.9 Å². The molecule has 0 aliphatic heterocycles. The van der Waals surface area contributed by atoms with E-state index in [4.69, 9.17) is 0 Å². The van der Waals surface area contributed by atoms with Crippen molar-refractivity contribution in [3.8, 4) is 11.1 Å². The van der Waals surface area contributed by atoms with Crippen LogP contribution in [0.3, 0.4) is 0 Å². The van der Waals surface area contributed by atoms with Gasteiger partial charge >= 0.3 is 5.69 Å². The van der Waals surface area contributed by atoms with Crippen molar-refractivity contribution < 1.29 is 4.79 Å². The van der Waals surface area contributed by atoms with Crippen LogP contribution in [0.4, 0.5) is 0 Å². The number of fused-ring (bicyclic) bond motifs is 1. The molecule has 112 valence electrons. The van der Waals surface area contributed by atoms with Gasteiger partial charge in [-0.2, -0.15) is 0 Å². The van der Waals surface area contributed by atoms with Crippen molar-refractivity contribution in [3.63, 3.8) is 0 Å². The highest BCUT2D eigenvalue weighted by Crippen LogP contribution is 2.28.